The van der Waals surface area contributed by atoms with Gasteiger partial charge in [-0.05, 0) is 24.5 Å². The third-order valence-corrected chi connectivity index (χ3v) is 6.12. The number of aldehydes is 1. The second-order valence-corrected chi connectivity index (χ2v) is 8.01. The Morgan fingerprint density at radius 1 is 1.16 bits per heavy atom. The Labute approximate surface area is 185 Å². The molecule has 164 valence electrons. The molecule has 2 aromatic rings. The molecule has 0 spiro atoms. The lowest BCUT2D eigenvalue weighted by molar-refractivity contribution is -0.105. The molecule has 0 saturated carbocycles. The van der Waals surface area contributed by atoms with Crippen LogP contribution in [-0.4, -0.2) is 64.0 Å². The fourth-order valence-electron chi connectivity index (χ4n) is 4.35. The van der Waals surface area contributed by atoms with Gasteiger partial charge >= 0.3 is 6.03 Å². The van der Waals surface area contributed by atoms with Crippen molar-refractivity contribution in [2.45, 2.75) is 26.2 Å². The van der Waals surface area contributed by atoms with E-state index in [9.17, 15) is 19.6 Å². The Balaban J connectivity index is 1.54. The predicted octanol–water partition coefficient (Wildman–Crippen LogP) is 2.31. The van der Waals surface area contributed by atoms with Crippen molar-refractivity contribution in [3.05, 3.63) is 46.8 Å². The molecule has 1 aromatic carbocycles. The highest BCUT2D eigenvalue weighted by Crippen LogP contribution is 2.31. The Morgan fingerprint density at radius 2 is 1.88 bits per heavy atom. The van der Waals surface area contributed by atoms with E-state index in [-0.39, 0.29) is 18.5 Å². The number of fused-ring (bicyclic) bond motifs is 1. The van der Waals surface area contributed by atoms with E-state index in [1.807, 2.05) is 18.2 Å². The number of carbonyl (C=O) groups excluding carboxylic acids is 3. The molecular weight excluding hydrogens is 408 g/mol. The molecule has 1 aromatic heterocycles. The van der Waals surface area contributed by atoms with Gasteiger partial charge in [-0.3, -0.25) is 9.59 Å². The highest BCUT2D eigenvalue weighted by molar-refractivity contribution is 5.99. The maximum Gasteiger partial charge on any atom is 0.320 e. The number of piperidine rings is 1. The SMILES string of the molecule is CC(=O)n1ncc2c(C(C#N)=C3CCN(C(=O)N4CCC(N)=C(C=O)C4)CC3)cccc21. The summed E-state index contributed by atoms with van der Waals surface area (Å²) in [7, 11) is 0. The predicted molar refractivity (Wildman–Crippen MR) is 118 cm³/mol. The summed E-state index contributed by atoms with van der Waals surface area (Å²) in [6.07, 6.45) is 3.99. The van der Waals surface area contributed by atoms with Crippen molar-refractivity contribution in [2.75, 3.05) is 26.2 Å². The number of benzene rings is 1. The van der Waals surface area contributed by atoms with Gasteiger partial charge in [-0.2, -0.15) is 10.4 Å². The van der Waals surface area contributed by atoms with E-state index in [4.69, 9.17) is 5.73 Å². The molecule has 1 saturated heterocycles. The molecule has 2 N–H and O–H groups in total. The third-order valence-electron chi connectivity index (χ3n) is 6.12. The molecule has 1 fully saturated rings. The van der Waals surface area contributed by atoms with Gasteiger partial charge < -0.3 is 15.5 Å². The lowest BCUT2D eigenvalue weighted by atomic mass is 9.92. The van der Waals surface area contributed by atoms with Crippen LogP contribution in [0, 0.1) is 11.3 Å². The first-order chi connectivity index (χ1) is 15.4. The van der Waals surface area contributed by atoms with Gasteiger partial charge in [-0.15, -0.1) is 0 Å². The lowest BCUT2D eigenvalue weighted by Crippen LogP contribution is -2.48. The van der Waals surface area contributed by atoms with Gasteiger partial charge in [-0.1, -0.05) is 12.1 Å². The molecule has 0 radical (unpaired) electrons. The van der Waals surface area contributed by atoms with Gasteiger partial charge in [-0.25, -0.2) is 9.48 Å². The van der Waals surface area contributed by atoms with Crippen LogP contribution in [0.4, 0.5) is 4.79 Å². The molecule has 0 bridgehead atoms. The smallest absolute Gasteiger partial charge is 0.320 e. The minimum Gasteiger partial charge on any atom is -0.402 e. The van der Waals surface area contributed by atoms with Gasteiger partial charge in [0.05, 0.1) is 29.9 Å². The topological polar surface area (TPSA) is 125 Å². The van der Waals surface area contributed by atoms with E-state index in [1.54, 1.807) is 16.0 Å². The standard InChI is InChI=1S/C23H24N6O3/c1-15(31)29-22-4-2-3-18(20(22)12-26-29)19(11-24)16-5-8-27(9-6-16)23(32)28-10-7-21(25)17(13-28)14-30/h2-4,12,14H,5-10,13,25H2,1H3. The molecular formula is C23H24N6O3. The summed E-state index contributed by atoms with van der Waals surface area (Å²) in [6.45, 7) is 3.16. The number of hydrogen-bond acceptors (Lipinski definition) is 6. The molecule has 9 nitrogen and oxygen atoms in total. The normalized spacial score (nSPS) is 16.8. The number of carbonyl (C=O) groups is 3. The summed E-state index contributed by atoms with van der Waals surface area (Å²) in [4.78, 5) is 39.3. The Hall–Kier alpha value is -3.93. The zero-order chi connectivity index (χ0) is 22.8. The second kappa shape index (κ2) is 8.67. The van der Waals surface area contributed by atoms with Crippen LogP contribution in [0.25, 0.3) is 16.5 Å². The Morgan fingerprint density at radius 3 is 2.53 bits per heavy atom. The zero-order valence-corrected chi connectivity index (χ0v) is 17.9. The fraction of sp³-hybridized carbons (Fsp3) is 0.348. The Bertz CT molecular complexity index is 1210. The minimum atomic E-state index is -0.192. The van der Waals surface area contributed by atoms with Crippen molar-refractivity contribution in [1.29, 1.82) is 5.26 Å². The summed E-state index contributed by atoms with van der Waals surface area (Å²) in [5, 5.41) is 14.8. The number of aromatic nitrogens is 2. The number of allylic oxidation sites excluding steroid dienone is 1. The summed E-state index contributed by atoms with van der Waals surface area (Å²) >= 11 is 0. The number of nitrogens with zero attached hydrogens (tertiary/aromatic N) is 5. The average molecular weight is 432 g/mol. The maximum absolute atomic E-state index is 12.9. The van der Waals surface area contributed by atoms with E-state index >= 15 is 0 Å². The molecule has 2 aliphatic rings. The fourth-order valence-corrected chi connectivity index (χ4v) is 4.35. The number of rotatable bonds is 2. The van der Waals surface area contributed by atoms with Gasteiger partial charge in [0.1, 0.15) is 6.29 Å². The number of nitrogens with two attached hydrogens (primary N) is 1. The first-order valence-corrected chi connectivity index (χ1v) is 10.5. The van der Waals surface area contributed by atoms with E-state index < -0.39 is 0 Å². The average Bonchev–Trinajstić information content (AvgIpc) is 3.25. The Kier molecular flexibility index (Phi) is 5.77. The van der Waals surface area contributed by atoms with Crippen molar-refractivity contribution in [3.8, 4) is 6.07 Å². The molecule has 2 aliphatic heterocycles. The lowest BCUT2D eigenvalue weighted by Gasteiger charge is -2.36. The van der Waals surface area contributed by atoms with Crippen molar-refractivity contribution < 1.29 is 14.4 Å². The quantitative estimate of drug-likeness (QED) is 0.573. The minimum absolute atomic E-state index is 0.112. The van der Waals surface area contributed by atoms with E-state index in [0.29, 0.717) is 61.3 Å². The molecule has 3 heterocycles. The van der Waals surface area contributed by atoms with Crippen LogP contribution in [0.2, 0.25) is 0 Å². The van der Waals surface area contributed by atoms with E-state index in [2.05, 4.69) is 11.2 Å². The van der Waals surface area contributed by atoms with Crippen LogP contribution in [0.15, 0.2) is 41.2 Å². The monoisotopic (exact) mass is 432 g/mol. The zero-order valence-electron chi connectivity index (χ0n) is 17.9. The van der Waals surface area contributed by atoms with Crippen molar-refractivity contribution >= 4 is 34.7 Å². The number of amides is 2. The number of hydrogen-bond donors (Lipinski definition) is 1. The molecule has 32 heavy (non-hydrogen) atoms. The van der Waals surface area contributed by atoms with Crippen LogP contribution in [-0.2, 0) is 4.79 Å². The number of nitriles is 1. The first-order valence-electron chi connectivity index (χ1n) is 10.5. The maximum atomic E-state index is 12.9. The summed E-state index contributed by atoms with van der Waals surface area (Å²) < 4.78 is 1.33. The first kappa shape index (κ1) is 21.3. The molecule has 0 aliphatic carbocycles. The second-order valence-electron chi connectivity index (χ2n) is 8.01. The van der Waals surface area contributed by atoms with E-state index in [0.717, 1.165) is 22.8 Å². The highest BCUT2D eigenvalue weighted by Gasteiger charge is 2.28. The molecule has 9 heteroatoms. The van der Waals surface area contributed by atoms with Gasteiger partial charge in [0.2, 0.25) is 5.91 Å². The third kappa shape index (κ3) is 3.75. The molecule has 0 unspecified atom stereocenters. The van der Waals surface area contributed by atoms with Crippen molar-refractivity contribution in [3.63, 3.8) is 0 Å². The highest BCUT2D eigenvalue weighted by atomic mass is 16.2. The summed E-state index contributed by atoms with van der Waals surface area (Å²) in [6, 6.07) is 7.70. The summed E-state index contributed by atoms with van der Waals surface area (Å²) in [5.41, 5.74) is 9.83. The van der Waals surface area contributed by atoms with Crippen LogP contribution < -0.4 is 5.73 Å². The van der Waals surface area contributed by atoms with Crippen LogP contribution in [0.5, 0.6) is 0 Å². The molecule has 2 amide bonds. The van der Waals surface area contributed by atoms with Gasteiger partial charge in [0, 0.05) is 55.2 Å². The van der Waals surface area contributed by atoms with Crippen LogP contribution >= 0.6 is 0 Å². The largest absolute Gasteiger partial charge is 0.402 e. The van der Waals surface area contributed by atoms with E-state index in [1.165, 1.54) is 11.6 Å². The molecule has 0 atom stereocenters. The van der Waals surface area contributed by atoms with Crippen molar-refractivity contribution in [2.24, 2.45) is 5.73 Å². The van der Waals surface area contributed by atoms with Crippen LogP contribution in [0.3, 0.4) is 0 Å². The van der Waals surface area contributed by atoms with Gasteiger partial charge in [0.25, 0.3) is 0 Å². The number of urea groups is 1. The number of likely N-dealkylation sites (tertiary alicyclic amines) is 1. The van der Waals surface area contributed by atoms with Gasteiger partial charge in [0.15, 0.2) is 0 Å². The van der Waals surface area contributed by atoms with Crippen molar-refractivity contribution in [1.82, 2.24) is 19.6 Å². The van der Waals surface area contributed by atoms with Crippen LogP contribution in [0.1, 0.15) is 36.5 Å². The summed E-state index contributed by atoms with van der Waals surface area (Å²) in [5.74, 6) is -0.192. The molecule has 4 rings (SSSR count).